The van der Waals surface area contributed by atoms with E-state index in [1.165, 1.54) is 0 Å². The fourth-order valence-corrected chi connectivity index (χ4v) is 4.56. The van der Waals surface area contributed by atoms with Gasteiger partial charge in [-0.1, -0.05) is 32.9 Å². The van der Waals surface area contributed by atoms with Crippen molar-refractivity contribution < 1.29 is 9.53 Å². The number of aryl methyl sites for hydroxylation is 1. The number of carbonyl (C=O) groups excluding carboxylic acids is 1. The first-order chi connectivity index (χ1) is 15.0. The molecule has 0 saturated heterocycles. The van der Waals surface area contributed by atoms with E-state index in [-0.39, 0.29) is 28.6 Å². The molecule has 2 aliphatic heterocycles. The van der Waals surface area contributed by atoms with Gasteiger partial charge in [0.25, 0.3) is 5.56 Å². The number of carbonyl (C=O) groups is 1. The molecular formula is C27H41N3O3. The number of aromatic nitrogens is 1. The van der Waals surface area contributed by atoms with Crippen LogP contribution in [0.5, 0.6) is 0 Å². The van der Waals surface area contributed by atoms with Gasteiger partial charge >= 0.3 is 6.09 Å². The Kier molecular flexibility index (Phi) is 6.37. The molecule has 0 fully saturated rings. The fourth-order valence-electron chi connectivity index (χ4n) is 4.56. The van der Waals surface area contributed by atoms with Crippen molar-refractivity contribution >= 4 is 11.7 Å². The summed E-state index contributed by atoms with van der Waals surface area (Å²) < 4.78 is 7.28. The Morgan fingerprint density at radius 2 is 1.67 bits per heavy atom. The SMILES string of the molecule is Cn1cc(C2=CN(C(C)(C)C)C(C(C)(C)C)C=C2)c2c(c1=O)CCN(C(=O)OC(C)(C)C)C2. The molecule has 1 aromatic heterocycles. The van der Waals surface area contributed by atoms with E-state index in [9.17, 15) is 9.59 Å². The van der Waals surface area contributed by atoms with Gasteiger partial charge in [0.1, 0.15) is 5.60 Å². The van der Waals surface area contributed by atoms with E-state index in [4.69, 9.17) is 4.74 Å². The van der Waals surface area contributed by atoms with Crippen LogP contribution in [0.15, 0.2) is 29.3 Å². The maximum absolute atomic E-state index is 12.9. The summed E-state index contributed by atoms with van der Waals surface area (Å²) in [7, 11) is 1.80. The molecular weight excluding hydrogens is 414 g/mol. The third kappa shape index (κ3) is 5.36. The zero-order chi connectivity index (χ0) is 24.9. The van der Waals surface area contributed by atoms with Gasteiger partial charge in [0.05, 0.1) is 12.6 Å². The predicted octanol–water partition coefficient (Wildman–Crippen LogP) is 5.10. The monoisotopic (exact) mass is 455 g/mol. The Morgan fingerprint density at radius 3 is 2.21 bits per heavy atom. The van der Waals surface area contributed by atoms with E-state index >= 15 is 0 Å². The van der Waals surface area contributed by atoms with E-state index in [0.29, 0.717) is 19.5 Å². The number of allylic oxidation sites excluding steroid dienone is 2. The summed E-state index contributed by atoms with van der Waals surface area (Å²) in [6.07, 6.45) is 8.77. The molecule has 0 saturated carbocycles. The van der Waals surface area contributed by atoms with E-state index in [1.54, 1.807) is 16.5 Å². The maximum atomic E-state index is 12.9. The first kappa shape index (κ1) is 25.1. The molecule has 6 heteroatoms. The van der Waals surface area contributed by atoms with Crippen molar-refractivity contribution in [2.45, 2.75) is 92.5 Å². The van der Waals surface area contributed by atoms with Crippen molar-refractivity contribution in [3.63, 3.8) is 0 Å². The summed E-state index contributed by atoms with van der Waals surface area (Å²) in [5.74, 6) is 0. The molecule has 33 heavy (non-hydrogen) atoms. The zero-order valence-electron chi connectivity index (χ0n) is 22.1. The summed E-state index contributed by atoms with van der Waals surface area (Å²) in [5, 5.41) is 0. The highest BCUT2D eigenvalue weighted by molar-refractivity contribution is 5.78. The number of amides is 1. The summed E-state index contributed by atoms with van der Waals surface area (Å²) in [6.45, 7) is 19.9. The van der Waals surface area contributed by atoms with Gasteiger partial charge in [-0.2, -0.15) is 0 Å². The summed E-state index contributed by atoms with van der Waals surface area (Å²) in [4.78, 5) is 29.8. The first-order valence-electron chi connectivity index (χ1n) is 11.9. The highest BCUT2D eigenvalue weighted by atomic mass is 16.6. The number of hydrogen-bond acceptors (Lipinski definition) is 4. The van der Waals surface area contributed by atoms with Crippen LogP contribution in [0.25, 0.3) is 5.57 Å². The molecule has 0 radical (unpaired) electrons. The minimum Gasteiger partial charge on any atom is -0.444 e. The molecule has 182 valence electrons. The second kappa shape index (κ2) is 8.37. The highest BCUT2D eigenvalue weighted by Gasteiger charge is 2.36. The highest BCUT2D eigenvalue weighted by Crippen LogP contribution is 2.37. The van der Waals surface area contributed by atoms with Crippen LogP contribution in [0.3, 0.4) is 0 Å². The number of hydrogen-bond donors (Lipinski definition) is 0. The topological polar surface area (TPSA) is 54.8 Å². The van der Waals surface area contributed by atoms with Crippen molar-refractivity contribution in [1.82, 2.24) is 14.4 Å². The number of nitrogens with zero attached hydrogens (tertiary/aromatic N) is 3. The van der Waals surface area contributed by atoms with Crippen LogP contribution in [0.2, 0.25) is 0 Å². The van der Waals surface area contributed by atoms with Crippen LogP contribution in [0.4, 0.5) is 4.79 Å². The number of fused-ring (bicyclic) bond motifs is 1. The molecule has 0 aromatic carbocycles. The van der Waals surface area contributed by atoms with Crippen LogP contribution < -0.4 is 5.56 Å². The van der Waals surface area contributed by atoms with Gasteiger partial charge in [-0.15, -0.1) is 0 Å². The van der Waals surface area contributed by atoms with E-state index in [0.717, 1.165) is 22.3 Å². The van der Waals surface area contributed by atoms with Crippen LogP contribution in [-0.2, 0) is 24.8 Å². The Balaban J connectivity index is 2.08. The largest absolute Gasteiger partial charge is 0.444 e. The molecule has 1 aromatic rings. The van der Waals surface area contributed by atoms with Gasteiger partial charge < -0.3 is 19.1 Å². The van der Waals surface area contributed by atoms with Crippen molar-refractivity contribution in [2.75, 3.05) is 6.54 Å². The standard InChI is InChI=1S/C27H41N3O3/c1-25(2,3)22-12-11-18(15-30(22)26(4,5)6)20-16-28(10)23(31)19-13-14-29(17-21(19)20)24(32)33-27(7,8)9/h11-12,15-16,22H,13-14,17H2,1-10H3. The van der Waals surface area contributed by atoms with Gasteiger partial charge in [-0.05, 0) is 64.5 Å². The molecule has 3 heterocycles. The molecule has 2 aliphatic rings. The van der Waals surface area contributed by atoms with Crippen molar-refractivity contribution in [1.29, 1.82) is 0 Å². The lowest BCUT2D eigenvalue weighted by Crippen LogP contribution is -2.50. The summed E-state index contributed by atoms with van der Waals surface area (Å²) in [6, 6.07) is 0.253. The third-order valence-corrected chi connectivity index (χ3v) is 6.23. The molecule has 0 aliphatic carbocycles. The Morgan fingerprint density at radius 1 is 1.03 bits per heavy atom. The van der Waals surface area contributed by atoms with Gasteiger partial charge in [0.15, 0.2) is 0 Å². The predicted molar refractivity (Wildman–Crippen MR) is 134 cm³/mol. The van der Waals surface area contributed by atoms with Gasteiger partial charge in [-0.3, -0.25) is 4.79 Å². The second-order valence-electron chi connectivity index (χ2n) is 12.4. The Hall–Kier alpha value is -2.50. The minimum atomic E-state index is -0.559. The van der Waals surface area contributed by atoms with Crippen molar-refractivity contribution in [3.05, 3.63) is 51.6 Å². The van der Waals surface area contributed by atoms with E-state index in [2.05, 4.69) is 64.8 Å². The first-order valence-corrected chi connectivity index (χ1v) is 11.9. The lowest BCUT2D eigenvalue weighted by atomic mass is 9.81. The molecule has 1 unspecified atom stereocenters. The lowest BCUT2D eigenvalue weighted by Gasteiger charge is -2.47. The van der Waals surface area contributed by atoms with Crippen molar-refractivity contribution in [2.24, 2.45) is 12.5 Å². The molecule has 1 atom stereocenters. The number of ether oxygens (including phenoxy) is 1. The quantitative estimate of drug-likeness (QED) is 0.591. The van der Waals surface area contributed by atoms with Crippen LogP contribution >= 0.6 is 0 Å². The minimum absolute atomic E-state index is 0.0122. The molecule has 0 N–H and O–H groups in total. The van der Waals surface area contributed by atoms with Gasteiger partial charge in [0.2, 0.25) is 0 Å². The summed E-state index contributed by atoms with van der Waals surface area (Å²) >= 11 is 0. The smallest absolute Gasteiger partial charge is 0.410 e. The third-order valence-electron chi connectivity index (χ3n) is 6.23. The molecule has 3 rings (SSSR count). The molecule has 0 bridgehead atoms. The van der Waals surface area contributed by atoms with Crippen LogP contribution in [0, 0.1) is 5.41 Å². The lowest BCUT2D eigenvalue weighted by molar-refractivity contribution is 0.0223. The zero-order valence-corrected chi connectivity index (χ0v) is 22.1. The Bertz CT molecular complexity index is 1040. The van der Waals surface area contributed by atoms with E-state index in [1.807, 2.05) is 27.0 Å². The Labute approximate surface area is 198 Å². The fraction of sp³-hybridized carbons (Fsp3) is 0.630. The summed E-state index contributed by atoms with van der Waals surface area (Å²) in [5.41, 5.74) is 3.23. The van der Waals surface area contributed by atoms with Crippen LogP contribution in [0.1, 0.15) is 79.0 Å². The maximum Gasteiger partial charge on any atom is 0.410 e. The average molecular weight is 456 g/mol. The van der Waals surface area contributed by atoms with Gasteiger partial charge in [-0.25, -0.2) is 4.79 Å². The van der Waals surface area contributed by atoms with Crippen molar-refractivity contribution in [3.8, 4) is 0 Å². The second-order valence-corrected chi connectivity index (χ2v) is 12.4. The molecule has 6 nitrogen and oxygen atoms in total. The van der Waals surface area contributed by atoms with Crippen LogP contribution in [-0.4, -0.2) is 44.2 Å². The van der Waals surface area contributed by atoms with E-state index < -0.39 is 5.60 Å². The normalized spacial score (nSPS) is 19.3. The number of pyridine rings is 1. The number of rotatable bonds is 1. The molecule has 0 spiro atoms. The van der Waals surface area contributed by atoms with Gasteiger partial charge in [0, 0.05) is 42.7 Å². The molecule has 1 amide bonds. The average Bonchev–Trinajstić information content (AvgIpc) is 2.67.